The van der Waals surface area contributed by atoms with Crippen molar-refractivity contribution < 1.29 is 14.4 Å². The van der Waals surface area contributed by atoms with Crippen molar-refractivity contribution in [2.24, 2.45) is 0 Å². The Morgan fingerprint density at radius 1 is 1.32 bits per heavy atom. The van der Waals surface area contributed by atoms with E-state index in [2.05, 4.69) is 15.6 Å². The number of hydrogen-bond acceptors (Lipinski definition) is 4. The first-order valence-corrected chi connectivity index (χ1v) is 8.67. The Balaban J connectivity index is 1.61. The molecule has 2 fully saturated rings. The van der Waals surface area contributed by atoms with E-state index in [1.807, 2.05) is 37.3 Å². The number of amides is 4. The van der Waals surface area contributed by atoms with E-state index in [9.17, 15) is 14.4 Å². The van der Waals surface area contributed by atoms with Crippen molar-refractivity contribution in [3.8, 4) is 0 Å². The number of carbonyl (C=O) groups is 3. The van der Waals surface area contributed by atoms with Gasteiger partial charge >= 0.3 is 6.03 Å². The molecule has 2 N–H and O–H groups in total. The number of carbonyl (C=O) groups excluding carboxylic acids is 3. The SMILES string of the molecule is CC[C@@]1(C)NC(=O)N(NC(=O)CN(Cc2ccccc2)C2CC2)C1=O. The van der Waals surface area contributed by atoms with Crippen LogP contribution < -0.4 is 10.7 Å². The molecule has 1 saturated heterocycles. The lowest BCUT2D eigenvalue weighted by atomic mass is 10.00. The molecule has 4 amide bonds. The first kappa shape index (κ1) is 17.4. The molecule has 0 unspecified atom stereocenters. The minimum Gasteiger partial charge on any atom is -0.322 e. The van der Waals surface area contributed by atoms with E-state index >= 15 is 0 Å². The predicted molar refractivity (Wildman–Crippen MR) is 92.1 cm³/mol. The molecule has 0 radical (unpaired) electrons. The van der Waals surface area contributed by atoms with Gasteiger partial charge in [0.15, 0.2) is 0 Å². The summed E-state index contributed by atoms with van der Waals surface area (Å²) >= 11 is 0. The lowest BCUT2D eigenvalue weighted by Crippen LogP contribution is -2.51. The van der Waals surface area contributed by atoms with Crippen LogP contribution in [0.2, 0.25) is 0 Å². The van der Waals surface area contributed by atoms with E-state index in [-0.39, 0.29) is 12.5 Å². The van der Waals surface area contributed by atoms with Crippen LogP contribution in [0.25, 0.3) is 0 Å². The van der Waals surface area contributed by atoms with Crippen LogP contribution in [0.5, 0.6) is 0 Å². The zero-order valence-electron chi connectivity index (χ0n) is 14.6. The average Bonchev–Trinajstić information content (AvgIpc) is 3.41. The van der Waals surface area contributed by atoms with Crippen LogP contribution in [0.1, 0.15) is 38.7 Å². The lowest BCUT2D eigenvalue weighted by molar-refractivity contribution is -0.139. The number of hydrogen-bond donors (Lipinski definition) is 2. The molecular weight excluding hydrogens is 320 g/mol. The average molecular weight is 344 g/mol. The molecule has 0 aromatic heterocycles. The third-order valence-corrected chi connectivity index (χ3v) is 4.84. The summed E-state index contributed by atoms with van der Waals surface area (Å²) in [5, 5.41) is 3.43. The molecule has 2 aliphatic rings. The summed E-state index contributed by atoms with van der Waals surface area (Å²) in [4.78, 5) is 38.8. The van der Waals surface area contributed by atoms with E-state index in [1.165, 1.54) is 0 Å². The summed E-state index contributed by atoms with van der Waals surface area (Å²) < 4.78 is 0. The normalized spacial score (nSPS) is 23.1. The van der Waals surface area contributed by atoms with Gasteiger partial charge in [-0.25, -0.2) is 4.79 Å². The molecular formula is C18H24N4O3. The third-order valence-electron chi connectivity index (χ3n) is 4.84. The first-order valence-electron chi connectivity index (χ1n) is 8.67. The Bertz CT molecular complexity index is 674. The maximum atomic E-state index is 12.4. The molecule has 1 aliphatic carbocycles. The molecule has 25 heavy (non-hydrogen) atoms. The summed E-state index contributed by atoms with van der Waals surface area (Å²) in [6.07, 6.45) is 2.60. The second-order valence-electron chi connectivity index (χ2n) is 6.91. The number of rotatable bonds is 7. The molecule has 1 aromatic rings. The summed E-state index contributed by atoms with van der Waals surface area (Å²) in [5.41, 5.74) is 2.64. The predicted octanol–water partition coefficient (Wildman–Crippen LogP) is 1.40. The summed E-state index contributed by atoms with van der Waals surface area (Å²) in [7, 11) is 0. The maximum absolute atomic E-state index is 12.4. The van der Waals surface area contributed by atoms with E-state index in [0.29, 0.717) is 19.0 Å². The molecule has 0 spiro atoms. The van der Waals surface area contributed by atoms with E-state index in [4.69, 9.17) is 0 Å². The van der Waals surface area contributed by atoms with Crippen LogP contribution in [0, 0.1) is 0 Å². The number of nitrogens with zero attached hydrogens (tertiary/aromatic N) is 2. The highest BCUT2D eigenvalue weighted by molar-refractivity contribution is 6.07. The van der Waals surface area contributed by atoms with Gasteiger partial charge in [-0.05, 0) is 31.7 Å². The van der Waals surface area contributed by atoms with Crippen molar-refractivity contribution in [3.63, 3.8) is 0 Å². The quantitative estimate of drug-likeness (QED) is 0.733. The molecule has 1 aromatic carbocycles. The fraction of sp³-hybridized carbons (Fsp3) is 0.500. The van der Waals surface area contributed by atoms with Gasteiger partial charge < -0.3 is 5.32 Å². The van der Waals surface area contributed by atoms with Crippen LogP contribution in [-0.2, 0) is 16.1 Å². The topological polar surface area (TPSA) is 81.8 Å². The molecule has 134 valence electrons. The fourth-order valence-corrected chi connectivity index (χ4v) is 2.94. The minimum absolute atomic E-state index is 0.152. The molecule has 1 atom stereocenters. The van der Waals surface area contributed by atoms with Crippen molar-refractivity contribution in [2.75, 3.05) is 6.54 Å². The third kappa shape index (κ3) is 3.82. The Hall–Kier alpha value is -2.41. The second kappa shape index (κ2) is 6.84. The Labute approximate surface area is 147 Å². The largest absolute Gasteiger partial charge is 0.344 e. The van der Waals surface area contributed by atoms with Crippen LogP contribution in [0.4, 0.5) is 4.79 Å². The molecule has 1 heterocycles. The highest BCUT2D eigenvalue weighted by atomic mass is 16.2. The molecule has 1 saturated carbocycles. The van der Waals surface area contributed by atoms with Gasteiger partial charge in [-0.2, -0.15) is 5.01 Å². The molecule has 1 aliphatic heterocycles. The molecule has 7 heteroatoms. The van der Waals surface area contributed by atoms with Crippen molar-refractivity contribution in [1.82, 2.24) is 20.7 Å². The van der Waals surface area contributed by atoms with Gasteiger partial charge in [0, 0.05) is 12.6 Å². The fourth-order valence-electron chi connectivity index (χ4n) is 2.94. The van der Waals surface area contributed by atoms with Crippen molar-refractivity contribution in [1.29, 1.82) is 0 Å². The van der Waals surface area contributed by atoms with Crippen molar-refractivity contribution in [3.05, 3.63) is 35.9 Å². The number of imide groups is 1. The number of urea groups is 1. The number of nitrogens with one attached hydrogen (secondary N) is 2. The van der Waals surface area contributed by atoms with E-state index < -0.39 is 17.5 Å². The van der Waals surface area contributed by atoms with Crippen LogP contribution >= 0.6 is 0 Å². The lowest BCUT2D eigenvalue weighted by Gasteiger charge is -2.23. The zero-order chi connectivity index (χ0) is 18.0. The van der Waals surface area contributed by atoms with E-state index in [1.54, 1.807) is 6.92 Å². The summed E-state index contributed by atoms with van der Waals surface area (Å²) in [6, 6.07) is 9.76. The van der Waals surface area contributed by atoms with Gasteiger partial charge in [-0.1, -0.05) is 37.3 Å². The highest BCUT2D eigenvalue weighted by Gasteiger charge is 2.47. The van der Waals surface area contributed by atoms with Crippen LogP contribution in [-0.4, -0.2) is 45.9 Å². The van der Waals surface area contributed by atoms with Crippen molar-refractivity contribution >= 4 is 17.8 Å². The molecule has 7 nitrogen and oxygen atoms in total. The van der Waals surface area contributed by atoms with Crippen LogP contribution in [0.15, 0.2) is 30.3 Å². The second-order valence-corrected chi connectivity index (χ2v) is 6.91. The van der Waals surface area contributed by atoms with Gasteiger partial charge in [0.05, 0.1) is 6.54 Å². The van der Waals surface area contributed by atoms with Gasteiger partial charge in [0.1, 0.15) is 5.54 Å². The first-order chi connectivity index (χ1) is 11.9. The zero-order valence-corrected chi connectivity index (χ0v) is 14.6. The van der Waals surface area contributed by atoms with Gasteiger partial charge in [-0.3, -0.25) is 19.9 Å². The minimum atomic E-state index is -0.954. The Morgan fingerprint density at radius 2 is 2.00 bits per heavy atom. The Morgan fingerprint density at radius 3 is 2.56 bits per heavy atom. The van der Waals surface area contributed by atoms with Crippen molar-refractivity contribution in [2.45, 2.75) is 51.2 Å². The van der Waals surface area contributed by atoms with Crippen LogP contribution in [0.3, 0.4) is 0 Å². The van der Waals surface area contributed by atoms with Gasteiger partial charge in [0.2, 0.25) is 0 Å². The molecule has 0 bridgehead atoms. The number of benzene rings is 1. The summed E-state index contributed by atoms with van der Waals surface area (Å²) in [6.45, 7) is 4.30. The number of hydrazine groups is 1. The highest BCUT2D eigenvalue weighted by Crippen LogP contribution is 2.28. The van der Waals surface area contributed by atoms with Gasteiger partial charge in [0.25, 0.3) is 11.8 Å². The monoisotopic (exact) mass is 344 g/mol. The smallest absolute Gasteiger partial charge is 0.322 e. The summed E-state index contributed by atoms with van der Waals surface area (Å²) in [5.74, 6) is -0.777. The van der Waals surface area contributed by atoms with E-state index in [0.717, 1.165) is 23.4 Å². The molecule has 3 rings (SSSR count). The Kier molecular flexibility index (Phi) is 4.76. The standard InChI is InChI=1S/C18H24N4O3/c1-3-18(2)16(24)22(17(25)19-18)20-15(23)12-21(14-9-10-14)11-13-7-5-4-6-8-13/h4-8,14H,3,9-12H2,1-2H3,(H,19,25)(H,20,23)/t18-/m1/s1. The van der Waals surface area contributed by atoms with Gasteiger partial charge in [-0.15, -0.1) is 0 Å². The maximum Gasteiger partial charge on any atom is 0.344 e.